The SMILES string of the molecule is CC(Sc1nnc(-c2c[nH]c3ccccc23)n1C1CC1)C(=O)NC(C)(C)C. The highest BCUT2D eigenvalue weighted by Gasteiger charge is 2.32. The molecule has 0 saturated heterocycles. The van der Waals surface area contributed by atoms with Crippen LogP contribution in [0.5, 0.6) is 0 Å². The second-order valence-electron chi connectivity index (χ2n) is 8.15. The van der Waals surface area contributed by atoms with Gasteiger partial charge in [0.1, 0.15) is 0 Å². The van der Waals surface area contributed by atoms with E-state index in [2.05, 4.69) is 37.2 Å². The molecule has 1 aliphatic rings. The molecular weight excluding hydrogens is 358 g/mol. The minimum Gasteiger partial charge on any atom is -0.360 e. The number of carbonyl (C=O) groups excluding carboxylic acids is 1. The number of aromatic amines is 1. The predicted octanol–water partition coefficient (Wildman–Crippen LogP) is 4.16. The molecular formula is C20H25N5OS. The molecule has 1 atom stereocenters. The maximum atomic E-state index is 12.5. The largest absolute Gasteiger partial charge is 0.360 e. The summed E-state index contributed by atoms with van der Waals surface area (Å²) in [6.45, 7) is 7.89. The van der Waals surface area contributed by atoms with Crippen LogP contribution in [0, 0.1) is 0 Å². The lowest BCUT2D eigenvalue weighted by molar-refractivity contribution is -0.121. The highest BCUT2D eigenvalue weighted by molar-refractivity contribution is 8.00. The number of rotatable bonds is 5. The highest BCUT2D eigenvalue weighted by Crippen LogP contribution is 2.42. The third-order valence-electron chi connectivity index (χ3n) is 4.56. The number of para-hydroxylation sites is 1. The number of fused-ring (bicyclic) bond motifs is 1. The number of hydrogen-bond acceptors (Lipinski definition) is 4. The Morgan fingerprint density at radius 2 is 2.04 bits per heavy atom. The molecule has 6 nitrogen and oxygen atoms in total. The zero-order valence-corrected chi connectivity index (χ0v) is 16.9. The van der Waals surface area contributed by atoms with Gasteiger partial charge in [-0.05, 0) is 46.6 Å². The van der Waals surface area contributed by atoms with Gasteiger partial charge in [-0.2, -0.15) is 0 Å². The molecule has 2 heterocycles. The fourth-order valence-electron chi connectivity index (χ4n) is 3.14. The van der Waals surface area contributed by atoms with Gasteiger partial charge in [0.15, 0.2) is 11.0 Å². The number of carbonyl (C=O) groups is 1. The molecule has 142 valence electrons. The van der Waals surface area contributed by atoms with Crippen LogP contribution in [0.25, 0.3) is 22.3 Å². The van der Waals surface area contributed by atoms with E-state index < -0.39 is 0 Å². The van der Waals surface area contributed by atoms with Gasteiger partial charge in [0.05, 0.1) is 5.25 Å². The third kappa shape index (κ3) is 3.74. The molecule has 0 radical (unpaired) electrons. The van der Waals surface area contributed by atoms with Gasteiger partial charge in [-0.25, -0.2) is 0 Å². The molecule has 1 aromatic carbocycles. The van der Waals surface area contributed by atoms with Crippen molar-refractivity contribution in [1.29, 1.82) is 0 Å². The molecule has 1 amide bonds. The van der Waals surface area contributed by atoms with Crippen LogP contribution < -0.4 is 5.32 Å². The number of nitrogens with one attached hydrogen (secondary N) is 2. The lowest BCUT2D eigenvalue weighted by Gasteiger charge is -2.23. The van der Waals surface area contributed by atoms with Crippen molar-refractivity contribution in [2.45, 2.75) is 62.5 Å². The highest BCUT2D eigenvalue weighted by atomic mass is 32.2. The predicted molar refractivity (Wildman–Crippen MR) is 109 cm³/mol. The summed E-state index contributed by atoms with van der Waals surface area (Å²) in [7, 11) is 0. The Bertz CT molecular complexity index is 980. The lowest BCUT2D eigenvalue weighted by atomic mass is 10.1. The maximum absolute atomic E-state index is 12.5. The van der Waals surface area contributed by atoms with E-state index in [-0.39, 0.29) is 16.7 Å². The van der Waals surface area contributed by atoms with Crippen LogP contribution in [0.3, 0.4) is 0 Å². The standard InChI is InChI=1S/C20H25N5OS/c1-12(18(26)22-20(2,3)4)27-19-24-23-17(25(19)13-9-10-13)15-11-21-16-8-6-5-7-14(15)16/h5-8,11-13,21H,9-10H2,1-4H3,(H,22,26). The van der Waals surface area contributed by atoms with Crippen LogP contribution in [-0.4, -0.2) is 36.4 Å². The van der Waals surface area contributed by atoms with Gasteiger partial charge in [-0.15, -0.1) is 10.2 Å². The van der Waals surface area contributed by atoms with Crippen molar-refractivity contribution in [3.63, 3.8) is 0 Å². The summed E-state index contributed by atoms with van der Waals surface area (Å²) < 4.78 is 2.21. The number of thioether (sulfide) groups is 1. The second kappa shape index (κ2) is 6.71. The molecule has 1 unspecified atom stereocenters. The number of benzene rings is 1. The second-order valence-corrected chi connectivity index (χ2v) is 9.46. The van der Waals surface area contributed by atoms with Gasteiger partial charge in [-0.3, -0.25) is 9.36 Å². The summed E-state index contributed by atoms with van der Waals surface area (Å²) in [6, 6.07) is 8.63. The molecule has 27 heavy (non-hydrogen) atoms. The minimum atomic E-state index is -0.245. The summed E-state index contributed by atoms with van der Waals surface area (Å²) in [6.07, 6.45) is 4.25. The zero-order valence-electron chi connectivity index (χ0n) is 16.1. The van der Waals surface area contributed by atoms with Crippen molar-refractivity contribution in [2.24, 2.45) is 0 Å². The Morgan fingerprint density at radius 3 is 2.74 bits per heavy atom. The lowest BCUT2D eigenvalue weighted by Crippen LogP contribution is -2.44. The number of nitrogens with zero attached hydrogens (tertiary/aromatic N) is 3. The van der Waals surface area contributed by atoms with Gasteiger partial charge in [-0.1, -0.05) is 30.0 Å². The summed E-state index contributed by atoms with van der Waals surface area (Å²) in [5, 5.41) is 13.7. The maximum Gasteiger partial charge on any atom is 0.233 e. The molecule has 2 N–H and O–H groups in total. The molecule has 1 fully saturated rings. The smallest absolute Gasteiger partial charge is 0.233 e. The van der Waals surface area contributed by atoms with Gasteiger partial charge in [0, 0.05) is 34.2 Å². The van der Waals surface area contributed by atoms with Crippen molar-refractivity contribution in [3.05, 3.63) is 30.5 Å². The van der Waals surface area contributed by atoms with Crippen molar-refractivity contribution >= 4 is 28.6 Å². The quantitative estimate of drug-likeness (QED) is 0.649. The van der Waals surface area contributed by atoms with Gasteiger partial charge in [0.25, 0.3) is 0 Å². The van der Waals surface area contributed by atoms with Crippen LogP contribution in [0.2, 0.25) is 0 Å². The van der Waals surface area contributed by atoms with Crippen molar-refractivity contribution in [2.75, 3.05) is 0 Å². The molecule has 1 saturated carbocycles. The van der Waals surface area contributed by atoms with Crippen LogP contribution in [-0.2, 0) is 4.79 Å². The summed E-state index contributed by atoms with van der Waals surface area (Å²) in [5.41, 5.74) is 1.90. The van der Waals surface area contributed by atoms with Gasteiger partial charge in [0.2, 0.25) is 5.91 Å². The number of hydrogen-bond donors (Lipinski definition) is 2. The van der Waals surface area contributed by atoms with Gasteiger partial charge < -0.3 is 10.3 Å². The average molecular weight is 384 g/mol. The molecule has 2 aromatic heterocycles. The summed E-state index contributed by atoms with van der Waals surface area (Å²) in [4.78, 5) is 15.8. The summed E-state index contributed by atoms with van der Waals surface area (Å²) in [5.74, 6) is 0.896. The Kier molecular flexibility index (Phi) is 4.50. The molecule has 0 spiro atoms. The molecule has 0 aliphatic heterocycles. The Hall–Kier alpha value is -2.28. The van der Waals surface area contributed by atoms with Crippen LogP contribution in [0.4, 0.5) is 0 Å². The molecule has 1 aliphatic carbocycles. The van der Waals surface area contributed by atoms with Crippen LogP contribution >= 0.6 is 11.8 Å². The Labute approximate surface area is 163 Å². The first-order chi connectivity index (χ1) is 12.8. The number of amides is 1. The molecule has 3 aromatic rings. The van der Waals surface area contributed by atoms with E-state index >= 15 is 0 Å². The van der Waals surface area contributed by atoms with E-state index in [1.807, 2.05) is 46.0 Å². The fourth-order valence-corrected chi connectivity index (χ4v) is 4.06. The first kappa shape index (κ1) is 18.1. The zero-order chi connectivity index (χ0) is 19.2. The Balaban J connectivity index is 1.65. The first-order valence-electron chi connectivity index (χ1n) is 9.33. The van der Waals surface area contributed by atoms with E-state index in [1.54, 1.807) is 0 Å². The van der Waals surface area contributed by atoms with Gasteiger partial charge >= 0.3 is 0 Å². The van der Waals surface area contributed by atoms with E-state index in [0.717, 1.165) is 40.3 Å². The van der Waals surface area contributed by atoms with E-state index in [0.29, 0.717) is 6.04 Å². The van der Waals surface area contributed by atoms with Crippen LogP contribution in [0.15, 0.2) is 35.6 Å². The third-order valence-corrected chi connectivity index (χ3v) is 5.61. The molecule has 0 bridgehead atoms. The monoisotopic (exact) mass is 383 g/mol. The number of aromatic nitrogens is 4. The van der Waals surface area contributed by atoms with E-state index in [1.165, 1.54) is 11.8 Å². The van der Waals surface area contributed by atoms with E-state index in [9.17, 15) is 4.79 Å². The number of H-pyrrole nitrogens is 1. The topological polar surface area (TPSA) is 75.6 Å². The minimum absolute atomic E-state index is 0.0199. The van der Waals surface area contributed by atoms with Crippen molar-refractivity contribution < 1.29 is 4.79 Å². The van der Waals surface area contributed by atoms with Crippen LogP contribution in [0.1, 0.15) is 46.6 Å². The summed E-state index contributed by atoms with van der Waals surface area (Å²) >= 11 is 1.48. The molecule has 7 heteroatoms. The Morgan fingerprint density at radius 1 is 1.30 bits per heavy atom. The van der Waals surface area contributed by atoms with Crippen molar-refractivity contribution in [3.8, 4) is 11.4 Å². The van der Waals surface area contributed by atoms with Crippen molar-refractivity contribution in [1.82, 2.24) is 25.1 Å². The average Bonchev–Trinajstić information content (AvgIpc) is 3.21. The molecule has 4 rings (SSSR count). The fraction of sp³-hybridized carbons (Fsp3) is 0.450. The van der Waals surface area contributed by atoms with E-state index in [4.69, 9.17) is 0 Å². The normalized spacial score (nSPS) is 15.9. The first-order valence-corrected chi connectivity index (χ1v) is 10.2.